The van der Waals surface area contributed by atoms with Crippen LogP contribution in [0.4, 0.5) is 0 Å². The number of benzene rings is 1. The van der Waals surface area contributed by atoms with Crippen molar-refractivity contribution in [2.45, 2.75) is 26.4 Å². The highest BCUT2D eigenvalue weighted by molar-refractivity contribution is 5.37. The third kappa shape index (κ3) is 2.95. The van der Waals surface area contributed by atoms with Crippen molar-refractivity contribution in [1.82, 2.24) is 19.9 Å². The van der Waals surface area contributed by atoms with Crippen molar-refractivity contribution >= 4 is 5.65 Å². The third-order valence-corrected chi connectivity index (χ3v) is 3.69. The maximum absolute atomic E-state index is 4.27. The first-order chi connectivity index (χ1) is 10.3. The first kappa shape index (κ1) is 13.8. The van der Waals surface area contributed by atoms with Gasteiger partial charge in [-0.2, -0.15) is 0 Å². The van der Waals surface area contributed by atoms with E-state index in [1.165, 1.54) is 5.56 Å². The van der Waals surface area contributed by atoms with Gasteiger partial charge in [-0.25, -0.2) is 0 Å². The van der Waals surface area contributed by atoms with Crippen LogP contribution in [0.2, 0.25) is 0 Å². The van der Waals surface area contributed by atoms with Gasteiger partial charge in [0.15, 0.2) is 11.5 Å². The summed E-state index contributed by atoms with van der Waals surface area (Å²) in [6, 6.07) is 16.8. The maximum atomic E-state index is 4.27. The van der Waals surface area contributed by atoms with E-state index in [1.807, 2.05) is 34.9 Å². The topological polar surface area (TPSA) is 42.2 Å². The minimum atomic E-state index is 0.308. The normalized spacial score (nSPS) is 12.9. The molecule has 0 aliphatic heterocycles. The Morgan fingerprint density at radius 2 is 1.76 bits per heavy atom. The Bertz CT molecular complexity index is 703. The Morgan fingerprint density at radius 3 is 2.52 bits per heavy atom. The number of fused-ring (bicyclic) bond motifs is 1. The second kappa shape index (κ2) is 6.06. The fourth-order valence-corrected chi connectivity index (χ4v) is 2.61. The second-order valence-electron chi connectivity index (χ2n) is 5.56. The molecule has 0 radical (unpaired) electrons. The van der Waals surface area contributed by atoms with Crippen molar-refractivity contribution in [1.29, 1.82) is 0 Å². The molecule has 0 saturated heterocycles. The lowest BCUT2D eigenvalue weighted by Crippen LogP contribution is -2.26. The van der Waals surface area contributed by atoms with Crippen molar-refractivity contribution in [3.05, 3.63) is 66.1 Å². The van der Waals surface area contributed by atoms with E-state index in [4.69, 9.17) is 0 Å². The average Bonchev–Trinajstić information content (AvgIpc) is 2.92. The van der Waals surface area contributed by atoms with Gasteiger partial charge in [0, 0.05) is 12.2 Å². The van der Waals surface area contributed by atoms with Crippen LogP contribution in [0.3, 0.4) is 0 Å². The Hall–Kier alpha value is -2.20. The molecular formula is C17H20N4. The Morgan fingerprint density at radius 1 is 1.00 bits per heavy atom. The van der Waals surface area contributed by atoms with E-state index in [-0.39, 0.29) is 0 Å². The highest BCUT2D eigenvalue weighted by atomic mass is 15.3. The van der Waals surface area contributed by atoms with Crippen LogP contribution in [0.25, 0.3) is 5.65 Å². The SMILES string of the molecule is CC(C)C(NCc1nnc2ccccn12)c1ccccc1. The Kier molecular flexibility index (Phi) is 3.97. The summed E-state index contributed by atoms with van der Waals surface area (Å²) in [5.74, 6) is 1.44. The van der Waals surface area contributed by atoms with Crippen LogP contribution >= 0.6 is 0 Å². The van der Waals surface area contributed by atoms with Crippen LogP contribution in [0.15, 0.2) is 54.7 Å². The van der Waals surface area contributed by atoms with Crippen molar-refractivity contribution in [2.75, 3.05) is 0 Å². The summed E-state index contributed by atoms with van der Waals surface area (Å²) in [6.07, 6.45) is 2.00. The molecule has 21 heavy (non-hydrogen) atoms. The van der Waals surface area contributed by atoms with Crippen LogP contribution < -0.4 is 5.32 Å². The standard InChI is InChI=1S/C17H20N4/c1-13(2)17(14-8-4-3-5-9-14)18-12-16-20-19-15-10-6-7-11-21(15)16/h3-11,13,17-18H,12H2,1-2H3. The van der Waals surface area contributed by atoms with Crippen LogP contribution in [0, 0.1) is 5.92 Å². The summed E-state index contributed by atoms with van der Waals surface area (Å²) in [5, 5.41) is 12.1. The zero-order valence-electron chi connectivity index (χ0n) is 12.4. The van der Waals surface area contributed by atoms with E-state index in [2.05, 4.69) is 53.6 Å². The number of pyridine rings is 1. The predicted molar refractivity (Wildman–Crippen MR) is 83.8 cm³/mol. The molecule has 4 heteroatoms. The first-order valence-corrected chi connectivity index (χ1v) is 7.32. The Labute approximate surface area is 124 Å². The number of nitrogens with zero attached hydrogens (tertiary/aromatic N) is 3. The highest BCUT2D eigenvalue weighted by Crippen LogP contribution is 2.21. The van der Waals surface area contributed by atoms with Gasteiger partial charge in [0.2, 0.25) is 0 Å². The molecule has 3 aromatic rings. The largest absolute Gasteiger partial charge is 0.303 e. The molecule has 1 atom stereocenters. The molecule has 2 heterocycles. The van der Waals surface area contributed by atoms with Crippen molar-refractivity contribution < 1.29 is 0 Å². The zero-order chi connectivity index (χ0) is 14.7. The van der Waals surface area contributed by atoms with E-state index in [1.54, 1.807) is 0 Å². The van der Waals surface area contributed by atoms with Gasteiger partial charge in [-0.05, 0) is 23.6 Å². The smallest absolute Gasteiger partial charge is 0.160 e. The zero-order valence-corrected chi connectivity index (χ0v) is 12.4. The maximum Gasteiger partial charge on any atom is 0.160 e. The van der Waals surface area contributed by atoms with E-state index in [0.29, 0.717) is 18.5 Å². The van der Waals surface area contributed by atoms with Crippen LogP contribution in [0.1, 0.15) is 31.3 Å². The third-order valence-electron chi connectivity index (χ3n) is 3.69. The summed E-state index contributed by atoms with van der Waals surface area (Å²) >= 11 is 0. The fraction of sp³-hybridized carbons (Fsp3) is 0.294. The van der Waals surface area contributed by atoms with Crippen molar-refractivity contribution in [2.24, 2.45) is 5.92 Å². The van der Waals surface area contributed by atoms with Crippen LogP contribution in [-0.2, 0) is 6.54 Å². The van der Waals surface area contributed by atoms with Gasteiger partial charge in [-0.15, -0.1) is 10.2 Å². The minimum Gasteiger partial charge on any atom is -0.303 e. The summed E-state index contributed by atoms with van der Waals surface area (Å²) in [5.41, 5.74) is 2.19. The lowest BCUT2D eigenvalue weighted by Gasteiger charge is -2.22. The number of rotatable bonds is 5. The number of hydrogen-bond acceptors (Lipinski definition) is 3. The highest BCUT2D eigenvalue weighted by Gasteiger charge is 2.16. The van der Waals surface area contributed by atoms with Crippen molar-refractivity contribution in [3.8, 4) is 0 Å². The molecule has 0 aliphatic rings. The molecule has 4 nitrogen and oxygen atoms in total. The molecule has 0 aliphatic carbocycles. The van der Waals surface area contributed by atoms with E-state index >= 15 is 0 Å². The van der Waals surface area contributed by atoms with Crippen molar-refractivity contribution in [3.63, 3.8) is 0 Å². The summed E-state index contributed by atoms with van der Waals surface area (Å²) in [7, 11) is 0. The summed E-state index contributed by atoms with van der Waals surface area (Å²) < 4.78 is 2.02. The van der Waals surface area contributed by atoms with Gasteiger partial charge in [-0.1, -0.05) is 50.2 Å². The molecule has 3 rings (SSSR count). The monoisotopic (exact) mass is 280 g/mol. The Balaban J connectivity index is 1.79. The first-order valence-electron chi connectivity index (χ1n) is 7.32. The van der Waals surface area contributed by atoms with E-state index < -0.39 is 0 Å². The summed E-state index contributed by atoms with van der Waals surface area (Å²) in [6.45, 7) is 5.15. The molecule has 0 fully saturated rings. The molecule has 1 N–H and O–H groups in total. The van der Waals surface area contributed by atoms with Crippen LogP contribution in [-0.4, -0.2) is 14.6 Å². The quantitative estimate of drug-likeness (QED) is 0.780. The molecule has 108 valence electrons. The number of aromatic nitrogens is 3. The van der Waals surface area contributed by atoms with Gasteiger partial charge in [0.1, 0.15) is 0 Å². The van der Waals surface area contributed by atoms with Gasteiger partial charge < -0.3 is 5.32 Å². The molecule has 1 aromatic carbocycles. The molecule has 0 spiro atoms. The molecule has 0 saturated carbocycles. The molecular weight excluding hydrogens is 260 g/mol. The minimum absolute atomic E-state index is 0.308. The van der Waals surface area contributed by atoms with Crippen LogP contribution in [0.5, 0.6) is 0 Å². The lowest BCUT2D eigenvalue weighted by atomic mass is 9.96. The molecule has 0 bridgehead atoms. The number of nitrogens with one attached hydrogen (secondary N) is 1. The average molecular weight is 280 g/mol. The van der Waals surface area contributed by atoms with E-state index in [9.17, 15) is 0 Å². The molecule has 0 amide bonds. The summed E-state index contributed by atoms with van der Waals surface area (Å²) in [4.78, 5) is 0. The lowest BCUT2D eigenvalue weighted by molar-refractivity contribution is 0.405. The molecule has 2 aromatic heterocycles. The molecule has 1 unspecified atom stereocenters. The fourth-order valence-electron chi connectivity index (χ4n) is 2.61. The second-order valence-corrected chi connectivity index (χ2v) is 5.56. The number of hydrogen-bond donors (Lipinski definition) is 1. The van der Waals surface area contributed by atoms with Gasteiger partial charge in [0.25, 0.3) is 0 Å². The predicted octanol–water partition coefficient (Wildman–Crippen LogP) is 3.22. The van der Waals surface area contributed by atoms with Gasteiger partial charge in [-0.3, -0.25) is 4.40 Å². The van der Waals surface area contributed by atoms with E-state index in [0.717, 1.165) is 11.5 Å². The van der Waals surface area contributed by atoms with Gasteiger partial charge in [0.05, 0.1) is 6.54 Å². The van der Waals surface area contributed by atoms with Gasteiger partial charge >= 0.3 is 0 Å².